The van der Waals surface area contributed by atoms with Crippen molar-refractivity contribution in [3.63, 3.8) is 0 Å². The van der Waals surface area contributed by atoms with Gasteiger partial charge < -0.3 is 4.57 Å². The summed E-state index contributed by atoms with van der Waals surface area (Å²) in [6, 6.07) is 2.45. The third kappa shape index (κ3) is 2.61. The van der Waals surface area contributed by atoms with Crippen molar-refractivity contribution in [2.75, 3.05) is 0 Å². The lowest BCUT2D eigenvalue weighted by atomic mass is 10.2. The van der Waals surface area contributed by atoms with Crippen LogP contribution in [0.25, 0.3) is 0 Å². The molecule has 0 radical (unpaired) electrons. The zero-order valence-corrected chi connectivity index (χ0v) is 9.48. The van der Waals surface area contributed by atoms with Crippen LogP contribution in [0.5, 0.6) is 0 Å². The number of aromatic nitrogens is 3. The van der Waals surface area contributed by atoms with Gasteiger partial charge in [-0.2, -0.15) is 18.3 Å². The van der Waals surface area contributed by atoms with Gasteiger partial charge in [-0.1, -0.05) is 0 Å². The molecule has 0 amide bonds. The van der Waals surface area contributed by atoms with E-state index in [9.17, 15) is 18.0 Å². The fourth-order valence-electron chi connectivity index (χ4n) is 1.51. The summed E-state index contributed by atoms with van der Waals surface area (Å²) in [7, 11) is 1.76. The Labute approximate surface area is 101 Å². The van der Waals surface area contributed by atoms with E-state index in [4.69, 9.17) is 0 Å². The van der Waals surface area contributed by atoms with Crippen LogP contribution in [0.15, 0.2) is 30.7 Å². The average Bonchev–Trinajstić information content (AvgIpc) is 2.85. The van der Waals surface area contributed by atoms with Gasteiger partial charge in [-0.3, -0.25) is 9.48 Å². The molecule has 0 fully saturated rings. The quantitative estimate of drug-likeness (QED) is 0.790. The number of rotatable bonds is 3. The maximum Gasteiger partial charge on any atom is 0.435 e. The highest BCUT2D eigenvalue weighted by Gasteiger charge is 2.33. The molecular formula is C11H10F3N3O. The predicted molar refractivity (Wildman–Crippen MR) is 57.0 cm³/mol. The van der Waals surface area contributed by atoms with Gasteiger partial charge in [0.25, 0.3) is 0 Å². The Bertz CT molecular complexity index is 568. The molecule has 2 aromatic heterocycles. The van der Waals surface area contributed by atoms with E-state index in [0.29, 0.717) is 5.56 Å². The van der Waals surface area contributed by atoms with Crippen LogP contribution in [-0.4, -0.2) is 20.1 Å². The Morgan fingerprint density at radius 2 is 2.06 bits per heavy atom. The van der Waals surface area contributed by atoms with Gasteiger partial charge in [-0.05, 0) is 12.1 Å². The van der Waals surface area contributed by atoms with Crippen LogP contribution in [0.1, 0.15) is 16.1 Å². The van der Waals surface area contributed by atoms with Crippen molar-refractivity contribution in [3.05, 3.63) is 42.0 Å². The monoisotopic (exact) mass is 257 g/mol. The van der Waals surface area contributed by atoms with Crippen LogP contribution in [0, 0.1) is 0 Å². The summed E-state index contributed by atoms with van der Waals surface area (Å²) < 4.78 is 39.6. The van der Waals surface area contributed by atoms with E-state index in [-0.39, 0.29) is 12.3 Å². The first kappa shape index (κ1) is 12.4. The lowest BCUT2D eigenvalue weighted by molar-refractivity contribution is -0.141. The topological polar surface area (TPSA) is 39.8 Å². The molecule has 2 rings (SSSR count). The maximum absolute atomic E-state index is 12.3. The first-order valence-corrected chi connectivity index (χ1v) is 5.12. The molecular weight excluding hydrogens is 247 g/mol. The summed E-state index contributed by atoms with van der Waals surface area (Å²) in [5.41, 5.74) is -0.551. The minimum atomic E-state index is -4.49. The molecule has 0 aliphatic heterocycles. The zero-order chi connectivity index (χ0) is 13.3. The molecule has 0 saturated carbocycles. The molecule has 0 unspecified atom stereocenters. The summed E-state index contributed by atoms with van der Waals surface area (Å²) in [4.78, 5) is 11.7. The third-order valence-corrected chi connectivity index (χ3v) is 2.39. The largest absolute Gasteiger partial charge is 0.435 e. The van der Waals surface area contributed by atoms with Gasteiger partial charge in [0, 0.05) is 31.2 Å². The fourth-order valence-corrected chi connectivity index (χ4v) is 1.51. The highest BCUT2D eigenvalue weighted by molar-refractivity contribution is 5.95. The molecule has 18 heavy (non-hydrogen) atoms. The Morgan fingerprint density at radius 3 is 2.56 bits per heavy atom. The van der Waals surface area contributed by atoms with E-state index in [1.165, 1.54) is 0 Å². The minimum Gasteiger partial charge on any atom is -0.357 e. The molecule has 0 N–H and O–H groups in total. The van der Waals surface area contributed by atoms with Crippen LogP contribution in [0.2, 0.25) is 0 Å². The third-order valence-electron chi connectivity index (χ3n) is 2.39. The number of aryl methyl sites for hydroxylation is 1. The summed E-state index contributed by atoms with van der Waals surface area (Å²) in [6.07, 6.45) is -0.0430. The Hall–Kier alpha value is -2.05. The molecule has 0 bridgehead atoms. The number of Topliss-reactive ketones (excluding diaryl/α,β-unsaturated/α-hetero) is 1. The molecule has 0 aliphatic carbocycles. The Balaban J connectivity index is 2.10. The van der Waals surface area contributed by atoms with E-state index >= 15 is 0 Å². The maximum atomic E-state index is 12.3. The van der Waals surface area contributed by atoms with Gasteiger partial charge in [-0.25, -0.2) is 0 Å². The number of carbonyl (C=O) groups excluding carboxylic acids is 1. The highest BCUT2D eigenvalue weighted by atomic mass is 19.4. The Morgan fingerprint density at radius 1 is 1.33 bits per heavy atom. The highest BCUT2D eigenvalue weighted by Crippen LogP contribution is 2.27. The van der Waals surface area contributed by atoms with Crippen LogP contribution in [0.4, 0.5) is 13.2 Å². The van der Waals surface area contributed by atoms with Crippen molar-refractivity contribution in [3.8, 4) is 0 Å². The van der Waals surface area contributed by atoms with Crippen molar-refractivity contribution in [2.24, 2.45) is 7.05 Å². The Kier molecular flexibility index (Phi) is 2.98. The van der Waals surface area contributed by atoms with Gasteiger partial charge in [0.05, 0.1) is 0 Å². The van der Waals surface area contributed by atoms with Crippen molar-refractivity contribution in [1.82, 2.24) is 14.3 Å². The van der Waals surface area contributed by atoms with Gasteiger partial charge in [-0.15, -0.1) is 0 Å². The predicted octanol–water partition coefficient (Wildman–Crippen LogP) is 2.12. The smallest absolute Gasteiger partial charge is 0.357 e. The molecule has 4 nitrogen and oxygen atoms in total. The average molecular weight is 257 g/mol. The van der Waals surface area contributed by atoms with Crippen molar-refractivity contribution in [2.45, 2.75) is 12.7 Å². The SMILES string of the molecule is Cn1ccc(C(=O)Cn2ccc(C(F)(F)F)n2)c1. The van der Waals surface area contributed by atoms with Gasteiger partial charge >= 0.3 is 6.18 Å². The van der Waals surface area contributed by atoms with E-state index in [0.717, 1.165) is 16.9 Å². The van der Waals surface area contributed by atoms with E-state index in [1.807, 2.05) is 0 Å². The summed E-state index contributed by atoms with van der Waals surface area (Å²) in [5.74, 6) is -0.285. The van der Waals surface area contributed by atoms with Gasteiger partial charge in [0.1, 0.15) is 6.54 Å². The summed E-state index contributed by atoms with van der Waals surface area (Å²) in [6.45, 7) is -0.208. The number of hydrogen-bond acceptors (Lipinski definition) is 2. The second-order valence-electron chi connectivity index (χ2n) is 3.89. The molecule has 0 aromatic carbocycles. The lowest BCUT2D eigenvalue weighted by Crippen LogP contribution is -2.12. The van der Waals surface area contributed by atoms with E-state index in [1.54, 1.807) is 30.1 Å². The molecule has 0 atom stereocenters. The molecule has 2 aromatic rings. The second kappa shape index (κ2) is 4.32. The number of nitrogens with zero attached hydrogens (tertiary/aromatic N) is 3. The van der Waals surface area contributed by atoms with Crippen molar-refractivity contribution >= 4 is 5.78 Å². The first-order valence-electron chi connectivity index (χ1n) is 5.12. The number of carbonyl (C=O) groups is 1. The van der Waals surface area contributed by atoms with Gasteiger partial charge in [0.2, 0.25) is 0 Å². The molecule has 0 spiro atoms. The minimum absolute atomic E-state index is 0.208. The van der Waals surface area contributed by atoms with E-state index < -0.39 is 11.9 Å². The summed E-state index contributed by atoms with van der Waals surface area (Å²) in [5, 5.41) is 3.32. The number of halogens is 3. The van der Waals surface area contributed by atoms with Crippen LogP contribution >= 0.6 is 0 Å². The van der Waals surface area contributed by atoms with Crippen LogP contribution in [-0.2, 0) is 19.8 Å². The number of alkyl halides is 3. The molecule has 96 valence electrons. The molecule has 7 heteroatoms. The lowest BCUT2D eigenvalue weighted by Gasteiger charge is -2.01. The zero-order valence-electron chi connectivity index (χ0n) is 9.48. The number of ketones is 1. The van der Waals surface area contributed by atoms with Crippen LogP contribution in [0.3, 0.4) is 0 Å². The van der Waals surface area contributed by atoms with Crippen molar-refractivity contribution < 1.29 is 18.0 Å². The molecule has 0 saturated heterocycles. The van der Waals surface area contributed by atoms with E-state index in [2.05, 4.69) is 5.10 Å². The van der Waals surface area contributed by atoms with Gasteiger partial charge in [0.15, 0.2) is 11.5 Å². The molecule has 0 aliphatic rings. The standard InChI is InChI=1S/C11H10F3N3O/c1-16-4-2-8(6-16)9(18)7-17-5-3-10(15-17)11(12,13)14/h2-6H,7H2,1H3. The fraction of sp³-hybridized carbons (Fsp3) is 0.273. The van der Waals surface area contributed by atoms with Crippen molar-refractivity contribution in [1.29, 1.82) is 0 Å². The summed E-state index contributed by atoms with van der Waals surface area (Å²) >= 11 is 0. The second-order valence-corrected chi connectivity index (χ2v) is 3.89. The van der Waals surface area contributed by atoms with Crippen LogP contribution < -0.4 is 0 Å². The normalized spacial score (nSPS) is 11.8. The first-order chi connectivity index (χ1) is 8.36. The number of hydrogen-bond donors (Lipinski definition) is 0. The molecule has 2 heterocycles.